The van der Waals surface area contributed by atoms with Crippen LogP contribution in [0.1, 0.15) is 30.1 Å². The van der Waals surface area contributed by atoms with Crippen molar-refractivity contribution in [3.63, 3.8) is 0 Å². The van der Waals surface area contributed by atoms with Crippen LogP contribution in [0.3, 0.4) is 0 Å². The molecule has 1 amide bonds. The minimum absolute atomic E-state index is 0.126. The molecule has 0 unspecified atom stereocenters. The number of ketones is 1. The Kier molecular flexibility index (Phi) is 5.98. The summed E-state index contributed by atoms with van der Waals surface area (Å²) >= 11 is 0. The first-order chi connectivity index (χ1) is 15.6. The highest BCUT2D eigenvalue weighted by Gasteiger charge is 2.32. The maximum atomic E-state index is 12.9. The van der Waals surface area contributed by atoms with Gasteiger partial charge in [-0.2, -0.15) is 4.31 Å². The molecule has 2 aromatic carbocycles. The van der Waals surface area contributed by atoms with Crippen molar-refractivity contribution in [2.75, 3.05) is 18.4 Å². The number of amides is 1. The molecule has 9 nitrogen and oxygen atoms in total. The number of imidazole rings is 1. The number of fused-ring (bicyclic) bond motifs is 1. The number of anilines is 1. The van der Waals surface area contributed by atoms with E-state index in [1.165, 1.54) is 40.1 Å². The lowest BCUT2D eigenvalue weighted by molar-refractivity contribution is -0.120. The monoisotopic (exact) mass is 470 g/mol. The second-order valence-electron chi connectivity index (χ2n) is 8.35. The topological polar surface area (TPSA) is 110 Å². The summed E-state index contributed by atoms with van der Waals surface area (Å²) in [6.45, 7) is 1.90. The van der Waals surface area contributed by atoms with Crippen molar-refractivity contribution < 1.29 is 18.0 Å². The summed E-state index contributed by atoms with van der Waals surface area (Å²) in [5, 5.41) is 2.90. The van der Waals surface area contributed by atoms with E-state index < -0.39 is 10.0 Å². The third-order valence-corrected chi connectivity index (χ3v) is 8.18. The number of nitrogens with one attached hydrogen (secondary N) is 1. The first-order valence-electron chi connectivity index (χ1n) is 10.7. The first kappa shape index (κ1) is 22.9. The van der Waals surface area contributed by atoms with Crippen molar-refractivity contribution in [1.29, 1.82) is 0 Å². The second-order valence-corrected chi connectivity index (χ2v) is 10.3. The number of carbonyl (C=O) groups excluding carboxylic acids is 2. The largest absolute Gasteiger partial charge is 0.328 e. The summed E-state index contributed by atoms with van der Waals surface area (Å²) in [7, 11) is -0.310. The maximum Gasteiger partial charge on any atom is 0.328 e. The molecule has 174 valence electrons. The van der Waals surface area contributed by atoms with Gasteiger partial charge < -0.3 is 5.32 Å². The van der Waals surface area contributed by atoms with E-state index in [1.807, 2.05) is 0 Å². The SMILES string of the molecule is CC(=O)c1ccc(S(=O)(=O)N2CCC(C(=O)Nc3ccc4c(c3)n(C)c(=O)n4C)CC2)cc1. The smallest absolute Gasteiger partial charge is 0.326 e. The minimum atomic E-state index is -3.69. The summed E-state index contributed by atoms with van der Waals surface area (Å²) < 4.78 is 30.3. The average molecular weight is 471 g/mol. The van der Waals surface area contributed by atoms with Gasteiger partial charge in [-0.3, -0.25) is 18.7 Å². The normalized spacial score (nSPS) is 15.6. The quantitative estimate of drug-likeness (QED) is 0.575. The summed E-state index contributed by atoms with van der Waals surface area (Å²) in [6, 6.07) is 11.2. The zero-order valence-electron chi connectivity index (χ0n) is 18.7. The second kappa shape index (κ2) is 8.60. The van der Waals surface area contributed by atoms with Crippen LogP contribution in [0, 0.1) is 5.92 Å². The number of hydrogen-bond donors (Lipinski definition) is 1. The lowest BCUT2D eigenvalue weighted by Gasteiger charge is -2.30. The Labute approximate surface area is 191 Å². The van der Waals surface area contributed by atoms with Crippen LogP contribution in [0.5, 0.6) is 0 Å². The number of aromatic nitrogens is 2. The van der Waals surface area contributed by atoms with Crippen molar-refractivity contribution in [1.82, 2.24) is 13.4 Å². The molecule has 10 heteroatoms. The lowest BCUT2D eigenvalue weighted by atomic mass is 9.97. The Morgan fingerprint density at radius 3 is 2.15 bits per heavy atom. The molecule has 0 atom stereocenters. The van der Waals surface area contributed by atoms with E-state index in [0.29, 0.717) is 24.1 Å². The summed E-state index contributed by atoms with van der Waals surface area (Å²) in [6.07, 6.45) is 0.811. The molecule has 2 heterocycles. The van der Waals surface area contributed by atoms with Crippen molar-refractivity contribution >= 4 is 38.4 Å². The van der Waals surface area contributed by atoms with Gasteiger partial charge in [-0.15, -0.1) is 0 Å². The van der Waals surface area contributed by atoms with Gasteiger partial charge in [0.2, 0.25) is 15.9 Å². The molecule has 0 radical (unpaired) electrons. The molecule has 3 aromatic rings. The van der Waals surface area contributed by atoms with Gasteiger partial charge in [0.05, 0.1) is 15.9 Å². The molecule has 0 aliphatic carbocycles. The number of Topliss-reactive ketones (excluding diaryl/α,β-unsaturated/α-hetero) is 1. The molecular formula is C23H26N4O5S. The summed E-state index contributed by atoms with van der Waals surface area (Å²) in [5.74, 6) is -0.607. The van der Waals surface area contributed by atoms with Crippen LogP contribution in [0.2, 0.25) is 0 Å². The van der Waals surface area contributed by atoms with Crippen LogP contribution < -0.4 is 11.0 Å². The van der Waals surface area contributed by atoms with E-state index in [4.69, 9.17) is 0 Å². The zero-order valence-corrected chi connectivity index (χ0v) is 19.6. The van der Waals surface area contributed by atoms with Crippen LogP contribution in [0.25, 0.3) is 11.0 Å². The Morgan fingerprint density at radius 2 is 1.55 bits per heavy atom. The van der Waals surface area contributed by atoms with Gasteiger partial charge in [-0.25, -0.2) is 13.2 Å². The Hall–Kier alpha value is -3.24. The van der Waals surface area contributed by atoms with Gasteiger partial charge in [0, 0.05) is 44.4 Å². The third-order valence-electron chi connectivity index (χ3n) is 6.26. The van der Waals surface area contributed by atoms with E-state index >= 15 is 0 Å². The molecule has 4 rings (SSSR count). The highest BCUT2D eigenvalue weighted by atomic mass is 32.2. The van der Waals surface area contributed by atoms with Crippen LogP contribution in [0.15, 0.2) is 52.2 Å². The average Bonchev–Trinajstić information content (AvgIpc) is 3.02. The van der Waals surface area contributed by atoms with Crippen molar-refractivity contribution in [2.45, 2.75) is 24.7 Å². The molecule has 33 heavy (non-hydrogen) atoms. The van der Waals surface area contributed by atoms with Gasteiger partial charge in [0.25, 0.3) is 0 Å². The number of aryl methyl sites for hydroxylation is 2. The highest BCUT2D eigenvalue weighted by molar-refractivity contribution is 7.89. The van der Waals surface area contributed by atoms with Crippen molar-refractivity contribution in [3.8, 4) is 0 Å². The number of rotatable bonds is 5. The molecule has 1 aliphatic heterocycles. The molecule has 1 aromatic heterocycles. The van der Waals surface area contributed by atoms with E-state index in [-0.39, 0.29) is 41.3 Å². The maximum absolute atomic E-state index is 12.9. The number of piperidine rings is 1. The predicted octanol–water partition coefficient (Wildman–Crippen LogP) is 2.12. The number of carbonyl (C=O) groups is 2. The third kappa shape index (κ3) is 4.23. The molecule has 1 aliphatic rings. The van der Waals surface area contributed by atoms with Gasteiger partial charge in [0.15, 0.2) is 5.78 Å². The standard InChI is InChI=1S/C23H26N4O5S/c1-15(28)16-4-7-19(8-5-16)33(31,32)27-12-10-17(11-13-27)22(29)24-18-6-9-20-21(14-18)26(3)23(30)25(20)2/h4-9,14,17H,10-13H2,1-3H3,(H,24,29). The molecular weight excluding hydrogens is 444 g/mol. The van der Waals surface area contributed by atoms with E-state index in [9.17, 15) is 22.8 Å². The Morgan fingerprint density at radius 1 is 0.939 bits per heavy atom. The number of sulfonamides is 1. The van der Waals surface area contributed by atoms with Gasteiger partial charge in [0.1, 0.15) is 0 Å². The Bertz CT molecular complexity index is 1400. The lowest BCUT2D eigenvalue weighted by Crippen LogP contribution is -2.41. The molecule has 1 N–H and O–H groups in total. The van der Waals surface area contributed by atoms with Gasteiger partial charge >= 0.3 is 5.69 Å². The fraction of sp³-hybridized carbons (Fsp3) is 0.348. The first-order valence-corrected chi connectivity index (χ1v) is 12.1. The zero-order chi connectivity index (χ0) is 23.9. The molecule has 0 saturated carbocycles. The van der Waals surface area contributed by atoms with E-state index in [1.54, 1.807) is 36.9 Å². The predicted molar refractivity (Wildman–Crippen MR) is 125 cm³/mol. The van der Waals surface area contributed by atoms with Crippen LogP contribution in [-0.4, -0.2) is 46.6 Å². The van der Waals surface area contributed by atoms with Crippen LogP contribution in [0.4, 0.5) is 5.69 Å². The highest BCUT2D eigenvalue weighted by Crippen LogP contribution is 2.26. The van der Waals surface area contributed by atoms with Gasteiger partial charge in [-0.1, -0.05) is 12.1 Å². The molecule has 1 saturated heterocycles. The summed E-state index contributed by atoms with van der Waals surface area (Å²) in [5.41, 5.74) is 2.40. The molecule has 1 fully saturated rings. The Balaban J connectivity index is 1.41. The minimum Gasteiger partial charge on any atom is -0.326 e. The van der Waals surface area contributed by atoms with Crippen LogP contribution in [-0.2, 0) is 28.9 Å². The fourth-order valence-electron chi connectivity index (χ4n) is 4.20. The van der Waals surface area contributed by atoms with Crippen LogP contribution >= 0.6 is 0 Å². The summed E-state index contributed by atoms with van der Waals surface area (Å²) in [4.78, 5) is 36.5. The van der Waals surface area contributed by atoms with Crippen molar-refractivity contribution in [2.24, 2.45) is 20.0 Å². The van der Waals surface area contributed by atoms with Crippen molar-refractivity contribution in [3.05, 3.63) is 58.5 Å². The fourth-order valence-corrected chi connectivity index (χ4v) is 5.67. The number of hydrogen-bond acceptors (Lipinski definition) is 5. The number of benzene rings is 2. The van der Waals surface area contributed by atoms with E-state index in [2.05, 4.69) is 5.32 Å². The molecule has 0 spiro atoms. The molecule has 0 bridgehead atoms. The van der Waals surface area contributed by atoms with Gasteiger partial charge in [-0.05, 0) is 50.1 Å². The van der Waals surface area contributed by atoms with E-state index in [0.717, 1.165) is 11.0 Å². The number of nitrogens with zero attached hydrogens (tertiary/aromatic N) is 3.